The molecule has 6 heteroatoms. The molecule has 0 spiro atoms. The number of esters is 1. The largest absolute Gasteiger partial charge is 0.462 e. The first-order valence-corrected chi connectivity index (χ1v) is 11.9. The molecule has 0 aliphatic rings. The third-order valence-corrected chi connectivity index (χ3v) is 6.27. The van der Waals surface area contributed by atoms with E-state index >= 15 is 0 Å². The second kappa shape index (κ2) is 10.0. The Morgan fingerprint density at radius 3 is 2.36 bits per heavy atom. The van der Waals surface area contributed by atoms with Crippen LogP contribution in [-0.2, 0) is 4.74 Å². The van der Waals surface area contributed by atoms with Gasteiger partial charge < -0.3 is 10.5 Å². The molecule has 0 aliphatic carbocycles. The van der Waals surface area contributed by atoms with Gasteiger partial charge in [-0.25, -0.2) is 14.8 Å². The number of unbranched alkanes of at least 4 members (excludes halogenated alkanes) is 3. The normalized spacial score (nSPS) is 12.3. The van der Waals surface area contributed by atoms with Gasteiger partial charge in [0.15, 0.2) is 5.65 Å². The van der Waals surface area contributed by atoms with E-state index in [9.17, 15) is 4.79 Å². The van der Waals surface area contributed by atoms with Crippen molar-refractivity contribution in [2.75, 3.05) is 12.3 Å². The smallest absolute Gasteiger partial charge is 0.344 e. The number of benzene rings is 2. The van der Waals surface area contributed by atoms with Crippen LogP contribution in [-0.4, -0.2) is 27.1 Å². The van der Waals surface area contributed by atoms with Crippen molar-refractivity contribution in [2.45, 2.75) is 58.8 Å². The van der Waals surface area contributed by atoms with Crippen LogP contribution in [0.1, 0.15) is 74.7 Å². The van der Waals surface area contributed by atoms with E-state index in [4.69, 9.17) is 20.4 Å². The highest BCUT2D eigenvalue weighted by Gasteiger charge is 2.26. The van der Waals surface area contributed by atoms with E-state index in [1.807, 2.05) is 41.0 Å². The van der Waals surface area contributed by atoms with Crippen LogP contribution in [0.4, 0.5) is 5.82 Å². The molecular weight excluding hydrogens is 412 g/mol. The zero-order chi connectivity index (χ0) is 23.4. The van der Waals surface area contributed by atoms with Crippen LogP contribution in [0.5, 0.6) is 0 Å². The molecular formula is C27H32N4O2. The summed E-state index contributed by atoms with van der Waals surface area (Å²) in [5.74, 6) is 0.323. The lowest BCUT2D eigenvalue weighted by molar-refractivity contribution is 0.0501. The molecule has 4 aromatic rings. The van der Waals surface area contributed by atoms with Crippen LogP contribution >= 0.6 is 0 Å². The maximum atomic E-state index is 13.1. The molecule has 2 aromatic carbocycles. The number of ether oxygens (including phenoxy) is 1. The van der Waals surface area contributed by atoms with Crippen LogP contribution < -0.4 is 5.73 Å². The lowest BCUT2D eigenvalue weighted by Gasteiger charge is -2.12. The standard InChI is InChI=1S/C27H32N4O2/c1-4-6-7-10-17-33-27(32)23-24-26(30-22-12-9-8-11-21(22)29-24)31(25(23)28)20-15-13-19(14-16-20)18(3)5-2/h8-9,11-16,18H,4-7,10,17,28H2,1-3H3/t18-/m1/s1. The fraction of sp³-hybridized carbons (Fsp3) is 0.370. The number of carbonyl (C=O) groups excluding carboxylic acids is 1. The van der Waals surface area contributed by atoms with E-state index in [2.05, 4.69) is 32.9 Å². The van der Waals surface area contributed by atoms with E-state index in [1.165, 1.54) is 5.56 Å². The third kappa shape index (κ3) is 4.56. The number of fused-ring (bicyclic) bond motifs is 2. The number of aromatic nitrogens is 3. The number of nitrogen functional groups attached to an aromatic ring is 1. The van der Waals surface area contributed by atoms with Crippen molar-refractivity contribution in [3.8, 4) is 5.69 Å². The molecule has 0 unspecified atom stereocenters. The van der Waals surface area contributed by atoms with Gasteiger partial charge in [-0.3, -0.25) is 4.57 Å². The Hall–Kier alpha value is -3.41. The Balaban J connectivity index is 1.80. The van der Waals surface area contributed by atoms with Crippen LogP contribution in [0.2, 0.25) is 0 Å². The molecule has 0 bridgehead atoms. The van der Waals surface area contributed by atoms with E-state index in [1.54, 1.807) is 0 Å². The summed E-state index contributed by atoms with van der Waals surface area (Å²) in [7, 11) is 0. The molecule has 0 saturated heterocycles. The van der Waals surface area contributed by atoms with Crippen LogP contribution in [0, 0.1) is 0 Å². The average Bonchev–Trinajstić information content (AvgIpc) is 3.12. The predicted molar refractivity (Wildman–Crippen MR) is 134 cm³/mol. The van der Waals surface area contributed by atoms with Gasteiger partial charge in [-0.15, -0.1) is 0 Å². The maximum Gasteiger partial charge on any atom is 0.344 e. The number of nitrogens with zero attached hydrogens (tertiary/aromatic N) is 3. The summed E-state index contributed by atoms with van der Waals surface area (Å²) in [6.07, 6.45) is 5.20. The lowest BCUT2D eigenvalue weighted by atomic mass is 9.99. The van der Waals surface area contributed by atoms with Gasteiger partial charge in [0.1, 0.15) is 16.9 Å². The number of nitrogens with two attached hydrogens (primary N) is 1. The zero-order valence-corrected chi connectivity index (χ0v) is 19.7. The van der Waals surface area contributed by atoms with E-state index in [0.29, 0.717) is 35.0 Å². The van der Waals surface area contributed by atoms with Crippen molar-refractivity contribution in [3.05, 3.63) is 59.7 Å². The van der Waals surface area contributed by atoms with Crippen molar-refractivity contribution < 1.29 is 9.53 Å². The summed E-state index contributed by atoms with van der Waals surface area (Å²) in [5, 5.41) is 0. The minimum Gasteiger partial charge on any atom is -0.462 e. The predicted octanol–water partition coefficient (Wildman–Crippen LogP) is 6.41. The summed E-state index contributed by atoms with van der Waals surface area (Å²) in [6.45, 7) is 6.91. The highest BCUT2D eigenvalue weighted by atomic mass is 16.5. The molecule has 2 aromatic heterocycles. The van der Waals surface area contributed by atoms with Gasteiger partial charge in [-0.1, -0.05) is 64.3 Å². The minimum absolute atomic E-state index is 0.282. The monoisotopic (exact) mass is 444 g/mol. The number of para-hydroxylation sites is 2. The van der Waals surface area contributed by atoms with Gasteiger partial charge in [0.2, 0.25) is 0 Å². The summed E-state index contributed by atoms with van der Waals surface area (Å²) < 4.78 is 7.40. The summed E-state index contributed by atoms with van der Waals surface area (Å²) >= 11 is 0. The van der Waals surface area contributed by atoms with Crippen molar-refractivity contribution in [3.63, 3.8) is 0 Å². The molecule has 0 fully saturated rings. The molecule has 2 N–H and O–H groups in total. The minimum atomic E-state index is -0.450. The highest BCUT2D eigenvalue weighted by Crippen LogP contribution is 2.32. The fourth-order valence-electron chi connectivity index (χ4n) is 4.08. The van der Waals surface area contributed by atoms with Crippen LogP contribution in [0.25, 0.3) is 27.9 Å². The first-order chi connectivity index (χ1) is 16.0. The van der Waals surface area contributed by atoms with Crippen molar-refractivity contribution in [2.24, 2.45) is 0 Å². The van der Waals surface area contributed by atoms with Gasteiger partial charge in [-0.2, -0.15) is 0 Å². The van der Waals surface area contributed by atoms with E-state index in [-0.39, 0.29) is 5.56 Å². The van der Waals surface area contributed by atoms with E-state index < -0.39 is 5.97 Å². The maximum absolute atomic E-state index is 13.1. The first kappa shape index (κ1) is 22.8. The van der Waals surface area contributed by atoms with Gasteiger partial charge in [0.05, 0.1) is 17.6 Å². The molecule has 2 heterocycles. The Labute approximate surface area is 194 Å². The molecule has 33 heavy (non-hydrogen) atoms. The molecule has 0 amide bonds. The lowest BCUT2D eigenvalue weighted by Crippen LogP contribution is -2.10. The Morgan fingerprint density at radius 1 is 1.00 bits per heavy atom. The molecule has 0 radical (unpaired) electrons. The molecule has 0 aliphatic heterocycles. The second-order valence-corrected chi connectivity index (χ2v) is 8.58. The van der Waals surface area contributed by atoms with E-state index in [0.717, 1.165) is 43.3 Å². The van der Waals surface area contributed by atoms with Crippen molar-refractivity contribution in [1.82, 2.24) is 14.5 Å². The van der Waals surface area contributed by atoms with Crippen molar-refractivity contribution in [1.29, 1.82) is 0 Å². The fourth-order valence-corrected chi connectivity index (χ4v) is 4.08. The third-order valence-electron chi connectivity index (χ3n) is 6.27. The topological polar surface area (TPSA) is 83.0 Å². The number of rotatable bonds is 9. The van der Waals surface area contributed by atoms with Gasteiger partial charge in [0, 0.05) is 5.69 Å². The Bertz CT molecular complexity index is 1260. The quantitative estimate of drug-likeness (QED) is 0.238. The average molecular weight is 445 g/mol. The highest BCUT2D eigenvalue weighted by molar-refractivity contribution is 6.09. The number of hydrogen-bond acceptors (Lipinski definition) is 5. The van der Waals surface area contributed by atoms with Crippen molar-refractivity contribution >= 4 is 34.0 Å². The molecule has 172 valence electrons. The van der Waals surface area contributed by atoms with Gasteiger partial charge in [-0.05, 0) is 48.6 Å². The van der Waals surface area contributed by atoms with Gasteiger partial charge in [0.25, 0.3) is 0 Å². The SMILES string of the molecule is CCCCCCOC(=O)c1c(N)n(-c2ccc([C@H](C)CC)cc2)c2nc3ccccc3nc12. The molecule has 6 nitrogen and oxygen atoms in total. The second-order valence-electron chi connectivity index (χ2n) is 8.58. The number of hydrogen-bond donors (Lipinski definition) is 1. The number of anilines is 1. The number of carbonyl (C=O) groups is 1. The van der Waals surface area contributed by atoms with Crippen LogP contribution in [0.3, 0.4) is 0 Å². The Kier molecular flexibility index (Phi) is 6.92. The molecule has 1 atom stereocenters. The zero-order valence-electron chi connectivity index (χ0n) is 19.7. The van der Waals surface area contributed by atoms with Crippen LogP contribution in [0.15, 0.2) is 48.5 Å². The molecule has 4 rings (SSSR count). The summed E-state index contributed by atoms with van der Waals surface area (Å²) in [6, 6.07) is 15.9. The molecule has 0 saturated carbocycles. The Morgan fingerprint density at radius 2 is 1.70 bits per heavy atom. The summed E-state index contributed by atoms with van der Waals surface area (Å²) in [4.78, 5) is 22.7. The summed E-state index contributed by atoms with van der Waals surface area (Å²) in [5.41, 5.74) is 11.4. The first-order valence-electron chi connectivity index (χ1n) is 11.9. The van der Waals surface area contributed by atoms with Gasteiger partial charge >= 0.3 is 5.97 Å².